The molecule has 0 aliphatic rings. The molecule has 0 amide bonds. The van der Waals surface area contributed by atoms with Gasteiger partial charge in [0.15, 0.2) is 0 Å². The molecule has 1 N–H and O–H groups in total. The Hall–Kier alpha value is -0.0400. The maximum atomic E-state index is 10.9. The molecule has 0 fully saturated rings. The van der Waals surface area contributed by atoms with Crippen LogP contribution in [0.5, 0.6) is 0 Å². The van der Waals surface area contributed by atoms with Crippen molar-refractivity contribution in [2.24, 2.45) is 0 Å². The summed E-state index contributed by atoms with van der Waals surface area (Å²) in [6.45, 7) is 6.75. The molecule has 1 nitrogen and oxygen atoms in total. The van der Waals surface area contributed by atoms with E-state index in [1.807, 2.05) is 0 Å². The maximum absolute atomic E-state index is 10.9. The van der Waals surface area contributed by atoms with Crippen molar-refractivity contribution < 1.29 is 5.11 Å². The topological polar surface area (TPSA) is 20.2 Å². The van der Waals surface area contributed by atoms with E-state index in [0.29, 0.717) is 0 Å². The molecule has 164 valence electrons. The Labute approximate surface area is 173 Å². The van der Waals surface area contributed by atoms with Crippen LogP contribution in [0.3, 0.4) is 0 Å². The second-order valence-corrected chi connectivity index (χ2v) is 9.13. The van der Waals surface area contributed by atoms with Gasteiger partial charge in [0, 0.05) is 0 Å². The van der Waals surface area contributed by atoms with Crippen LogP contribution in [0.2, 0.25) is 0 Å². The Morgan fingerprint density at radius 3 is 0.963 bits per heavy atom. The third-order valence-electron chi connectivity index (χ3n) is 6.24. The van der Waals surface area contributed by atoms with E-state index in [0.717, 1.165) is 19.3 Å². The summed E-state index contributed by atoms with van der Waals surface area (Å²) in [5.74, 6) is 0. The molecule has 0 heterocycles. The highest BCUT2D eigenvalue weighted by molar-refractivity contribution is 4.78. The fraction of sp³-hybridized carbons (Fsp3) is 1.00. The van der Waals surface area contributed by atoms with Crippen LogP contribution in [0.1, 0.15) is 162 Å². The summed E-state index contributed by atoms with van der Waals surface area (Å²) in [6, 6.07) is 0. The first-order chi connectivity index (χ1) is 13.2. The summed E-state index contributed by atoms with van der Waals surface area (Å²) >= 11 is 0. The zero-order valence-corrected chi connectivity index (χ0v) is 19.5. The van der Waals surface area contributed by atoms with Gasteiger partial charge in [-0.05, 0) is 19.3 Å². The number of unbranched alkanes of at least 4 members (excludes halogenated alkanes) is 16. The van der Waals surface area contributed by atoms with E-state index in [2.05, 4.69) is 20.8 Å². The summed E-state index contributed by atoms with van der Waals surface area (Å²) in [7, 11) is 0. The smallest absolute Gasteiger partial charge is 0.0647 e. The molecule has 0 unspecified atom stereocenters. The normalized spacial score (nSPS) is 12.0. The summed E-state index contributed by atoms with van der Waals surface area (Å²) in [4.78, 5) is 0. The molecule has 0 spiro atoms. The van der Waals surface area contributed by atoms with Crippen LogP contribution in [-0.4, -0.2) is 10.7 Å². The molecule has 0 aromatic carbocycles. The largest absolute Gasteiger partial charge is 0.390 e. The van der Waals surface area contributed by atoms with E-state index < -0.39 is 0 Å². The van der Waals surface area contributed by atoms with Gasteiger partial charge in [-0.1, -0.05) is 143 Å². The second kappa shape index (κ2) is 20.7. The predicted molar refractivity (Wildman–Crippen MR) is 124 cm³/mol. The van der Waals surface area contributed by atoms with E-state index in [9.17, 15) is 5.11 Å². The number of aliphatic hydroxyl groups is 1. The van der Waals surface area contributed by atoms with E-state index in [4.69, 9.17) is 0 Å². The standard InChI is InChI=1S/C26H54O/c1-4-7-10-11-12-13-14-15-16-17-18-19-20-21-22-25-26(27,23-8-5-2)24-9-6-3/h27H,4-25H2,1-3H3. The molecule has 0 radical (unpaired) electrons. The summed E-state index contributed by atoms with van der Waals surface area (Å²) < 4.78 is 0. The van der Waals surface area contributed by atoms with Crippen molar-refractivity contribution in [2.75, 3.05) is 0 Å². The SMILES string of the molecule is CCCCCCCCCCCCCCCCCC(O)(CCCC)CCCC. The minimum atomic E-state index is -0.359. The zero-order valence-electron chi connectivity index (χ0n) is 19.5. The number of rotatable bonds is 22. The average Bonchev–Trinajstić information content (AvgIpc) is 2.68. The molecule has 0 bridgehead atoms. The van der Waals surface area contributed by atoms with Gasteiger partial charge in [0.2, 0.25) is 0 Å². The highest BCUT2D eigenvalue weighted by Crippen LogP contribution is 2.28. The average molecular weight is 383 g/mol. The molecule has 0 saturated carbocycles. The number of hydrogen-bond acceptors (Lipinski definition) is 1. The molecule has 0 aromatic rings. The summed E-state index contributed by atoms with van der Waals surface area (Å²) in [5.41, 5.74) is -0.359. The lowest BCUT2D eigenvalue weighted by molar-refractivity contribution is 0.00788. The van der Waals surface area contributed by atoms with Gasteiger partial charge >= 0.3 is 0 Å². The lowest BCUT2D eigenvalue weighted by Gasteiger charge is -2.28. The zero-order chi connectivity index (χ0) is 20.1. The van der Waals surface area contributed by atoms with Crippen LogP contribution in [-0.2, 0) is 0 Å². The van der Waals surface area contributed by atoms with Crippen LogP contribution >= 0.6 is 0 Å². The van der Waals surface area contributed by atoms with Crippen molar-refractivity contribution in [3.05, 3.63) is 0 Å². The molecular weight excluding hydrogens is 328 g/mol. The van der Waals surface area contributed by atoms with Gasteiger partial charge < -0.3 is 5.11 Å². The van der Waals surface area contributed by atoms with Gasteiger partial charge in [-0.2, -0.15) is 0 Å². The molecule has 27 heavy (non-hydrogen) atoms. The Morgan fingerprint density at radius 2 is 0.630 bits per heavy atom. The monoisotopic (exact) mass is 382 g/mol. The quantitative estimate of drug-likeness (QED) is 0.185. The van der Waals surface area contributed by atoms with Gasteiger partial charge in [0.05, 0.1) is 5.60 Å². The fourth-order valence-electron chi connectivity index (χ4n) is 4.21. The van der Waals surface area contributed by atoms with Crippen LogP contribution in [0, 0.1) is 0 Å². The molecule has 0 aliphatic carbocycles. The Bertz CT molecular complexity index is 265. The minimum Gasteiger partial charge on any atom is -0.390 e. The van der Waals surface area contributed by atoms with Gasteiger partial charge in [-0.25, -0.2) is 0 Å². The van der Waals surface area contributed by atoms with Crippen molar-refractivity contribution in [3.8, 4) is 0 Å². The minimum absolute atomic E-state index is 0.359. The Kier molecular flexibility index (Phi) is 20.7. The van der Waals surface area contributed by atoms with Crippen molar-refractivity contribution >= 4 is 0 Å². The molecule has 0 aliphatic heterocycles. The van der Waals surface area contributed by atoms with E-state index in [-0.39, 0.29) is 5.60 Å². The van der Waals surface area contributed by atoms with Gasteiger partial charge in [-0.3, -0.25) is 0 Å². The van der Waals surface area contributed by atoms with Crippen molar-refractivity contribution in [1.29, 1.82) is 0 Å². The van der Waals surface area contributed by atoms with Gasteiger partial charge in [0.25, 0.3) is 0 Å². The van der Waals surface area contributed by atoms with Crippen LogP contribution in [0.15, 0.2) is 0 Å². The van der Waals surface area contributed by atoms with Crippen molar-refractivity contribution in [2.45, 2.75) is 168 Å². The lowest BCUT2D eigenvalue weighted by Crippen LogP contribution is -2.28. The van der Waals surface area contributed by atoms with E-state index in [1.54, 1.807) is 0 Å². The van der Waals surface area contributed by atoms with Crippen LogP contribution in [0.4, 0.5) is 0 Å². The molecule has 0 rings (SSSR count). The molecule has 0 atom stereocenters. The first-order valence-corrected chi connectivity index (χ1v) is 12.9. The third-order valence-corrected chi connectivity index (χ3v) is 6.24. The third kappa shape index (κ3) is 19.1. The van der Waals surface area contributed by atoms with E-state index in [1.165, 1.54) is 122 Å². The number of hydrogen-bond donors (Lipinski definition) is 1. The van der Waals surface area contributed by atoms with Gasteiger partial charge in [0.1, 0.15) is 0 Å². The van der Waals surface area contributed by atoms with E-state index >= 15 is 0 Å². The van der Waals surface area contributed by atoms with Gasteiger partial charge in [-0.15, -0.1) is 0 Å². The first-order valence-electron chi connectivity index (χ1n) is 12.9. The second-order valence-electron chi connectivity index (χ2n) is 9.13. The first kappa shape index (κ1) is 27.0. The highest BCUT2D eigenvalue weighted by Gasteiger charge is 2.24. The lowest BCUT2D eigenvalue weighted by atomic mass is 9.86. The summed E-state index contributed by atoms with van der Waals surface area (Å²) in [6.07, 6.45) is 29.0. The Morgan fingerprint density at radius 1 is 0.370 bits per heavy atom. The summed E-state index contributed by atoms with van der Waals surface area (Å²) in [5, 5.41) is 10.9. The Balaban J connectivity index is 3.41. The van der Waals surface area contributed by atoms with Crippen LogP contribution in [0.25, 0.3) is 0 Å². The molecule has 0 saturated heterocycles. The predicted octanol–water partition coefficient (Wildman–Crippen LogP) is 9.36. The fourth-order valence-corrected chi connectivity index (χ4v) is 4.21. The highest BCUT2D eigenvalue weighted by atomic mass is 16.3. The van der Waals surface area contributed by atoms with Crippen molar-refractivity contribution in [1.82, 2.24) is 0 Å². The van der Waals surface area contributed by atoms with Crippen LogP contribution < -0.4 is 0 Å². The maximum Gasteiger partial charge on any atom is 0.0647 e. The molecule has 1 heteroatoms. The molecular formula is C26H54O. The molecule has 0 aromatic heterocycles. The van der Waals surface area contributed by atoms with Crippen molar-refractivity contribution in [3.63, 3.8) is 0 Å².